The van der Waals surface area contributed by atoms with Crippen LogP contribution >= 0.6 is 23.2 Å². The summed E-state index contributed by atoms with van der Waals surface area (Å²) in [5.74, 6) is 1.57. The summed E-state index contributed by atoms with van der Waals surface area (Å²) in [5, 5.41) is 4.50. The lowest BCUT2D eigenvalue weighted by Gasteiger charge is -2.19. The first-order valence-electron chi connectivity index (χ1n) is 6.90. The predicted molar refractivity (Wildman–Crippen MR) is 90.4 cm³/mol. The second kappa shape index (κ2) is 6.20. The molecule has 2 aromatic rings. The summed E-state index contributed by atoms with van der Waals surface area (Å²) < 4.78 is 0. The van der Waals surface area contributed by atoms with Crippen molar-refractivity contribution in [1.29, 1.82) is 0 Å². The fraction of sp³-hybridized carbons (Fsp3) is 0.375. The van der Waals surface area contributed by atoms with Crippen LogP contribution in [0.25, 0.3) is 11.3 Å². The molecule has 0 atom stereocenters. The molecule has 0 aliphatic carbocycles. The highest BCUT2D eigenvalue weighted by Crippen LogP contribution is 2.32. The lowest BCUT2D eigenvalue weighted by atomic mass is 9.95. The molecule has 2 rings (SSSR count). The molecule has 21 heavy (non-hydrogen) atoms. The fourth-order valence-corrected chi connectivity index (χ4v) is 2.27. The Kier molecular flexibility index (Phi) is 4.74. The van der Waals surface area contributed by atoms with Gasteiger partial charge in [0.1, 0.15) is 11.6 Å². The maximum atomic E-state index is 6.29. The van der Waals surface area contributed by atoms with E-state index in [1.165, 1.54) is 0 Å². The van der Waals surface area contributed by atoms with Gasteiger partial charge in [0.25, 0.3) is 0 Å². The molecule has 0 saturated carbocycles. The predicted octanol–water partition coefficient (Wildman–Crippen LogP) is 5.18. The Balaban J connectivity index is 2.62. The minimum absolute atomic E-state index is 0.148. The summed E-state index contributed by atoms with van der Waals surface area (Å²) in [6.45, 7) is 9.08. The summed E-state index contributed by atoms with van der Waals surface area (Å²) >= 11 is 12.4. The Morgan fingerprint density at radius 2 is 1.81 bits per heavy atom. The molecule has 0 fully saturated rings. The summed E-state index contributed by atoms with van der Waals surface area (Å²) in [4.78, 5) is 9.24. The van der Waals surface area contributed by atoms with E-state index in [1.807, 2.05) is 19.1 Å². The number of hydrogen-bond acceptors (Lipinski definition) is 3. The average molecular weight is 324 g/mol. The van der Waals surface area contributed by atoms with Crippen LogP contribution in [0.2, 0.25) is 10.0 Å². The third-order valence-corrected chi connectivity index (χ3v) is 3.52. The molecule has 1 N–H and O–H groups in total. The van der Waals surface area contributed by atoms with Gasteiger partial charge in [-0.1, -0.05) is 44.0 Å². The van der Waals surface area contributed by atoms with E-state index < -0.39 is 0 Å². The average Bonchev–Trinajstić information content (AvgIpc) is 2.40. The van der Waals surface area contributed by atoms with E-state index in [0.29, 0.717) is 10.0 Å². The molecule has 0 saturated heterocycles. The lowest BCUT2D eigenvalue weighted by Crippen LogP contribution is -2.17. The first-order chi connectivity index (χ1) is 9.81. The van der Waals surface area contributed by atoms with Crippen LogP contribution in [0.4, 0.5) is 5.82 Å². The van der Waals surface area contributed by atoms with Crippen LogP contribution in [0, 0.1) is 0 Å². The zero-order valence-electron chi connectivity index (χ0n) is 12.7. The highest BCUT2D eigenvalue weighted by molar-refractivity contribution is 6.35. The normalized spacial score (nSPS) is 11.5. The highest BCUT2D eigenvalue weighted by Gasteiger charge is 2.20. The summed E-state index contributed by atoms with van der Waals surface area (Å²) in [6.07, 6.45) is 0. The Morgan fingerprint density at radius 3 is 2.43 bits per heavy atom. The van der Waals surface area contributed by atoms with Crippen molar-refractivity contribution >= 4 is 29.0 Å². The molecule has 0 spiro atoms. The Morgan fingerprint density at radius 1 is 1.10 bits per heavy atom. The summed E-state index contributed by atoms with van der Waals surface area (Å²) in [5.41, 5.74) is 1.44. The third-order valence-electron chi connectivity index (χ3n) is 2.96. The number of hydrogen-bond donors (Lipinski definition) is 1. The SMILES string of the molecule is CCNc1cc(-c2cc(Cl)ccc2Cl)nc(C(C)(C)C)n1. The molecule has 1 heterocycles. The molecular formula is C16H19Cl2N3. The van der Waals surface area contributed by atoms with Crippen LogP contribution in [0.15, 0.2) is 24.3 Å². The van der Waals surface area contributed by atoms with E-state index >= 15 is 0 Å². The maximum Gasteiger partial charge on any atom is 0.136 e. The van der Waals surface area contributed by atoms with Crippen molar-refractivity contribution in [3.63, 3.8) is 0 Å². The molecule has 0 aliphatic rings. The van der Waals surface area contributed by atoms with Crippen molar-refractivity contribution < 1.29 is 0 Å². The van der Waals surface area contributed by atoms with Gasteiger partial charge in [-0.05, 0) is 25.1 Å². The number of aromatic nitrogens is 2. The number of nitrogens with zero attached hydrogens (tertiary/aromatic N) is 2. The van der Waals surface area contributed by atoms with Gasteiger partial charge in [-0.2, -0.15) is 0 Å². The first-order valence-corrected chi connectivity index (χ1v) is 7.65. The second-order valence-electron chi connectivity index (χ2n) is 5.87. The monoisotopic (exact) mass is 323 g/mol. The standard InChI is InChI=1S/C16H19Cl2N3/c1-5-19-14-9-13(20-15(21-14)16(2,3)4)11-8-10(17)6-7-12(11)18/h6-9H,5H2,1-4H3,(H,19,20,21). The zero-order valence-corrected chi connectivity index (χ0v) is 14.2. The molecule has 0 amide bonds. The highest BCUT2D eigenvalue weighted by atomic mass is 35.5. The summed E-state index contributed by atoms with van der Waals surface area (Å²) in [7, 11) is 0. The molecule has 1 aromatic carbocycles. The van der Waals surface area contributed by atoms with Crippen molar-refractivity contribution in [3.8, 4) is 11.3 Å². The topological polar surface area (TPSA) is 37.8 Å². The van der Waals surface area contributed by atoms with Crippen LogP contribution < -0.4 is 5.32 Å². The van der Waals surface area contributed by atoms with Gasteiger partial charge in [0.2, 0.25) is 0 Å². The smallest absolute Gasteiger partial charge is 0.136 e. The third kappa shape index (κ3) is 3.86. The fourth-order valence-electron chi connectivity index (χ4n) is 1.89. The maximum absolute atomic E-state index is 6.29. The molecule has 112 valence electrons. The molecule has 0 radical (unpaired) electrons. The van der Waals surface area contributed by atoms with Crippen LogP contribution in [0.5, 0.6) is 0 Å². The minimum atomic E-state index is -0.148. The zero-order chi connectivity index (χ0) is 15.6. The van der Waals surface area contributed by atoms with Crippen LogP contribution in [-0.2, 0) is 5.41 Å². The molecular weight excluding hydrogens is 305 g/mol. The van der Waals surface area contributed by atoms with Crippen molar-refractivity contribution in [3.05, 3.63) is 40.1 Å². The van der Waals surface area contributed by atoms with E-state index in [-0.39, 0.29) is 5.41 Å². The Bertz CT molecular complexity index is 648. The molecule has 0 aliphatic heterocycles. The Hall–Kier alpha value is -1.32. The molecule has 0 bridgehead atoms. The van der Waals surface area contributed by atoms with Crippen molar-refractivity contribution in [2.45, 2.75) is 33.1 Å². The molecule has 5 heteroatoms. The van der Waals surface area contributed by atoms with Gasteiger partial charge in [-0.3, -0.25) is 0 Å². The van der Waals surface area contributed by atoms with Crippen LogP contribution in [-0.4, -0.2) is 16.5 Å². The van der Waals surface area contributed by atoms with E-state index in [1.54, 1.807) is 12.1 Å². The largest absolute Gasteiger partial charge is 0.370 e. The van der Waals surface area contributed by atoms with Gasteiger partial charge in [0.05, 0.1) is 10.7 Å². The van der Waals surface area contributed by atoms with E-state index in [2.05, 4.69) is 36.1 Å². The first kappa shape index (κ1) is 16.1. The van der Waals surface area contributed by atoms with E-state index in [9.17, 15) is 0 Å². The van der Waals surface area contributed by atoms with Crippen LogP contribution in [0.1, 0.15) is 33.5 Å². The van der Waals surface area contributed by atoms with Crippen molar-refractivity contribution in [2.75, 3.05) is 11.9 Å². The quantitative estimate of drug-likeness (QED) is 0.845. The lowest BCUT2D eigenvalue weighted by molar-refractivity contribution is 0.546. The number of rotatable bonds is 3. The Labute approximate surface area is 135 Å². The van der Waals surface area contributed by atoms with Gasteiger partial charge in [-0.15, -0.1) is 0 Å². The molecule has 3 nitrogen and oxygen atoms in total. The minimum Gasteiger partial charge on any atom is -0.370 e. The van der Waals surface area contributed by atoms with E-state index in [4.69, 9.17) is 23.2 Å². The van der Waals surface area contributed by atoms with E-state index in [0.717, 1.165) is 29.4 Å². The second-order valence-corrected chi connectivity index (χ2v) is 6.71. The number of anilines is 1. The van der Waals surface area contributed by atoms with Crippen molar-refractivity contribution in [1.82, 2.24) is 9.97 Å². The molecule has 1 aromatic heterocycles. The number of nitrogens with one attached hydrogen (secondary N) is 1. The van der Waals surface area contributed by atoms with Gasteiger partial charge in [0, 0.05) is 28.6 Å². The number of halogens is 2. The van der Waals surface area contributed by atoms with Gasteiger partial charge < -0.3 is 5.32 Å². The molecule has 0 unspecified atom stereocenters. The van der Waals surface area contributed by atoms with Gasteiger partial charge >= 0.3 is 0 Å². The summed E-state index contributed by atoms with van der Waals surface area (Å²) in [6, 6.07) is 7.28. The van der Waals surface area contributed by atoms with Gasteiger partial charge in [0.15, 0.2) is 0 Å². The van der Waals surface area contributed by atoms with Gasteiger partial charge in [-0.25, -0.2) is 9.97 Å². The number of benzene rings is 1. The van der Waals surface area contributed by atoms with Crippen molar-refractivity contribution in [2.24, 2.45) is 0 Å². The van der Waals surface area contributed by atoms with Crippen LogP contribution in [0.3, 0.4) is 0 Å².